The molecule has 0 aliphatic carbocycles. The highest BCUT2D eigenvalue weighted by Gasteiger charge is 2.03. The largest absolute Gasteiger partial charge is 0.357 e. The number of H-pyrrole nitrogens is 1. The van der Waals surface area contributed by atoms with Crippen LogP contribution in [0.2, 0.25) is 0 Å². The average Bonchev–Trinajstić information content (AvgIpc) is 3.07. The van der Waals surface area contributed by atoms with Gasteiger partial charge in [-0.2, -0.15) is 5.10 Å². The summed E-state index contributed by atoms with van der Waals surface area (Å²) in [5, 5.41) is 13.4. The van der Waals surface area contributed by atoms with Crippen molar-refractivity contribution in [2.45, 2.75) is 33.7 Å². The van der Waals surface area contributed by atoms with Gasteiger partial charge in [-0.05, 0) is 30.9 Å². The van der Waals surface area contributed by atoms with Crippen LogP contribution in [0, 0.1) is 5.92 Å². The molecule has 0 spiro atoms. The number of guanidine groups is 1. The molecule has 6 heteroatoms. The number of hydrogen-bond acceptors (Lipinski definition) is 3. The summed E-state index contributed by atoms with van der Waals surface area (Å²) >= 11 is 0. The Morgan fingerprint density at radius 2 is 2.17 bits per heavy atom. The van der Waals surface area contributed by atoms with Gasteiger partial charge in [0.05, 0.1) is 6.54 Å². The molecule has 124 valence electrons. The van der Waals surface area contributed by atoms with Gasteiger partial charge in [0, 0.05) is 18.7 Å². The van der Waals surface area contributed by atoms with Crippen LogP contribution in [0.1, 0.15) is 32.8 Å². The van der Waals surface area contributed by atoms with Crippen molar-refractivity contribution in [3.8, 4) is 11.4 Å². The molecule has 0 fully saturated rings. The molecular weight excluding hydrogens is 288 g/mol. The fourth-order valence-electron chi connectivity index (χ4n) is 2.15. The van der Waals surface area contributed by atoms with Crippen molar-refractivity contribution in [1.82, 2.24) is 25.8 Å². The van der Waals surface area contributed by atoms with Gasteiger partial charge in [0.25, 0.3) is 0 Å². The normalized spacial score (nSPS) is 11.7. The topological polar surface area (TPSA) is 78.0 Å². The number of rotatable bonds is 7. The van der Waals surface area contributed by atoms with Crippen molar-refractivity contribution in [1.29, 1.82) is 0 Å². The molecule has 0 aliphatic rings. The average molecular weight is 314 g/mol. The minimum Gasteiger partial charge on any atom is -0.357 e. The zero-order chi connectivity index (χ0) is 16.5. The summed E-state index contributed by atoms with van der Waals surface area (Å²) in [4.78, 5) is 8.83. The molecule has 0 atom stereocenters. The first-order valence-corrected chi connectivity index (χ1v) is 8.16. The summed E-state index contributed by atoms with van der Waals surface area (Å²) in [6, 6.07) is 8.18. The molecule has 23 heavy (non-hydrogen) atoms. The molecule has 1 aromatic heterocycles. The second-order valence-electron chi connectivity index (χ2n) is 5.84. The standard InChI is InChI=1S/C17H26N6/c1-4-18-17(19-9-8-13(2)3)20-11-14-6-5-7-15(10-14)16-21-12-22-23-16/h5-7,10,12-13H,4,8-9,11H2,1-3H3,(H2,18,19,20)(H,21,22,23). The van der Waals surface area contributed by atoms with E-state index in [4.69, 9.17) is 0 Å². The predicted molar refractivity (Wildman–Crippen MR) is 94.1 cm³/mol. The van der Waals surface area contributed by atoms with Crippen LogP contribution in [-0.2, 0) is 6.54 Å². The Morgan fingerprint density at radius 1 is 1.30 bits per heavy atom. The van der Waals surface area contributed by atoms with Crippen molar-refractivity contribution in [2.24, 2.45) is 10.9 Å². The molecule has 0 radical (unpaired) electrons. The Hall–Kier alpha value is -2.37. The molecule has 0 unspecified atom stereocenters. The number of aromatic nitrogens is 3. The molecule has 0 bridgehead atoms. The first-order valence-electron chi connectivity index (χ1n) is 8.16. The van der Waals surface area contributed by atoms with Gasteiger partial charge in [-0.25, -0.2) is 9.98 Å². The van der Waals surface area contributed by atoms with Crippen LogP contribution in [0.3, 0.4) is 0 Å². The molecule has 3 N–H and O–H groups in total. The highest BCUT2D eigenvalue weighted by Crippen LogP contribution is 2.15. The van der Waals surface area contributed by atoms with Crippen molar-refractivity contribution in [3.05, 3.63) is 36.2 Å². The highest BCUT2D eigenvalue weighted by atomic mass is 15.2. The van der Waals surface area contributed by atoms with E-state index in [9.17, 15) is 0 Å². The third kappa shape index (κ3) is 5.73. The molecule has 0 saturated carbocycles. The van der Waals surface area contributed by atoms with Crippen LogP contribution in [0.5, 0.6) is 0 Å². The molecule has 2 aromatic rings. The minimum atomic E-state index is 0.624. The zero-order valence-corrected chi connectivity index (χ0v) is 14.1. The Kier molecular flexibility index (Phi) is 6.59. The van der Waals surface area contributed by atoms with Gasteiger partial charge in [0.2, 0.25) is 0 Å². The number of hydrogen-bond donors (Lipinski definition) is 3. The van der Waals surface area contributed by atoms with Crippen LogP contribution in [0.25, 0.3) is 11.4 Å². The SMILES string of the molecule is CCNC(=NCc1cccc(-c2ncn[nH]2)c1)NCCC(C)C. The summed E-state index contributed by atoms with van der Waals surface area (Å²) in [6.07, 6.45) is 2.65. The first kappa shape index (κ1) is 17.0. The highest BCUT2D eigenvalue weighted by molar-refractivity contribution is 5.79. The van der Waals surface area contributed by atoms with Crippen LogP contribution >= 0.6 is 0 Å². The van der Waals surface area contributed by atoms with Crippen molar-refractivity contribution >= 4 is 5.96 Å². The van der Waals surface area contributed by atoms with Crippen LogP contribution in [0.15, 0.2) is 35.6 Å². The molecule has 0 aliphatic heterocycles. The summed E-state index contributed by atoms with van der Waals surface area (Å²) in [5.74, 6) is 2.32. The predicted octanol–water partition coefficient (Wildman–Crippen LogP) is 2.57. The molecule has 0 saturated heterocycles. The fraction of sp³-hybridized carbons (Fsp3) is 0.471. The van der Waals surface area contributed by atoms with Crippen LogP contribution < -0.4 is 10.6 Å². The van der Waals surface area contributed by atoms with E-state index >= 15 is 0 Å². The quantitative estimate of drug-likeness (QED) is 0.542. The van der Waals surface area contributed by atoms with E-state index in [-0.39, 0.29) is 0 Å². The van der Waals surface area contributed by atoms with E-state index in [0.717, 1.165) is 42.4 Å². The third-order valence-corrected chi connectivity index (χ3v) is 3.39. The second kappa shape index (κ2) is 8.92. The van der Waals surface area contributed by atoms with Crippen molar-refractivity contribution in [2.75, 3.05) is 13.1 Å². The Morgan fingerprint density at radius 3 is 2.87 bits per heavy atom. The van der Waals surface area contributed by atoms with Gasteiger partial charge in [-0.15, -0.1) is 0 Å². The van der Waals surface area contributed by atoms with E-state index < -0.39 is 0 Å². The summed E-state index contributed by atoms with van der Waals surface area (Å²) in [6.45, 7) is 8.93. The summed E-state index contributed by atoms with van der Waals surface area (Å²) in [5.41, 5.74) is 2.16. The fourth-order valence-corrected chi connectivity index (χ4v) is 2.15. The Bertz CT molecular complexity index is 603. The second-order valence-corrected chi connectivity index (χ2v) is 5.84. The minimum absolute atomic E-state index is 0.624. The number of benzene rings is 1. The molecule has 0 amide bonds. The monoisotopic (exact) mass is 314 g/mol. The lowest BCUT2D eigenvalue weighted by Crippen LogP contribution is -2.38. The molecule has 1 heterocycles. The van der Waals surface area contributed by atoms with E-state index in [0.29, 0.717) is 12.5 Å². The van der Waals surface area contributed by atoms with E-state index in [1.807, 2.05) is 12.1 Å². The van der Waals surface area contributed by atoms with Gasteiger partial charge in [0.15, 0.2) is 11.8 Å². The van der Waals surface area contributed by atoms with Crippen molar-refractivity contribution in [3.63, 3.8) is 0 Å². The molecular formula is C17H26N6. The lowest BCUT2D eigenvalue weighted by atomic mass is 10.1. The van der Waals surface area contributed by atoms with E-state index in [1.165, 1.54) is 6.33 Å². The van der Waals surface area contributed by atoms with Crippen LogP contribution in [-0.4, -0.2) is 34.2 Å². The van der Waals surface area contributed by atoms with Gasteiger partial charge in [0.1, 0.15) is 6.33 Å². The Balaban J connectivity index is 1.99. The number of aliphatic imine (C=N–C) groups is 1. The van der Waals surface area contributed by atoms with Crippen molar-refractivity contribution < 1.29 is 0 Å². The smallest absolute Gasteiger partial charge is 0.191 e. The summed E-state index contributed by atoms with van der Waals surface area (Å²) in [7, 11) is 0. The van der Waals surface area contributed by atoms with E-state index in [1.54, 1.807) is 0 Å². The van der Waals surface area contributed by atoms with Gasteiger partial charge in [-0.3, -0.25) is 5.10 Å². The number of nitrogens with one attached hydrogen (secondary N) is 3. The maximum Gasteiger partial charge on any atom is 0.191 e. The first-order chi connectivity index (χ1) is 11.2. The van der Waals surface area contributed by atoms with Gasteiger partial charge < -0.3 is 10.6 Å². The lowest BCUT2D eigenvalue weighted by Gasteiger charge is -2.12. The molecule has 2 rings (SSSR count). The zero-order valence-electron chi connectivity index (χ0n) is 14.1. The van der Waals surface area contributed by atoms with Gasteiger partial charge >= 0.3 is 0 Å². The lowest BCUT2D eigenvalue weighted by molar-refractivity contribution is 0.573. The molecule has 6 nitrogen and oxygen atoms in total. The van der Waals surface area contributed by atoms with E-state index in [2.05, 4.69) is 63.7 Å². The van der Waals surface area contributed by atoms with Crippen LogP contribution in [0.4, 0.5) is 0 Å². The summed E-state index contributed by atoms with van der Waals surface area (Å²) < 4.78 is 0. The number of nitrogens with zero attached hydrogens (tertiary/aromatic N) is 3. The number of aromatic amines is 1. The van der Waals surface area contributed by atoms with Gasteiger partial charge in [-0.1, -0.05) is 32.0 Å². The maximum absolute atomic E-state index is 4.65. The third-order valence-electron chi connectivity index (χ3n) is 3.39. The Labute approximate surface area is 137 Å². The molecule has 1 aromatic carbocycles. The maximum atomic E-state index is 4.65.